The van der Waals surface area contributed by atoms with E-state index in [-0.39, 0.29) is 6.61 Å². The van der Waals surface area contributed by atoms with Gasteiger partial charge in [-0.15, -0.1) is 5.10 Å². The van der Waals surface area contributed by atoms with Crippen LogP contribution in [0.2, 0.25) is 0 Å². The Balaban J connectivity index is 1.32. The number of unbranched alkanes of at least 4 members (excludes halogenated alkanes) is 11. The largest absolute Gasteiger partial charge is 0.477 e. The van der Waals surface area contributed by atoms with E-state index in [4.69, 9.17) is 28.4 Å². The van der Waals surface area contributed by atoms with Gasteiger partial charge in [0.25, 0.3) is 5.79 Å². The maximum atomic E-state index is 12.6. The fourth-order valence-corrected chi connectivity index (χ4v) is 8.02. The van der Waals surface area contributed by atoms with Gasteiger partial charge in [0.15, 0.2) is 12.6 Å². The lowest BCUT2D eigenvalue weighted by Crippen LogP contribution is -2.68. The Bertz CT molecular complexity index is 1500. The first-order valence-corrected chi connectivity index (χ1v) is 22.0. The van der Waals surface area contributed by atoms with E-state index in [9.17, 15) is 65.8 Å². The zero-order valence-corrected chi connectivity index (χ0v) is 36.0. The minimum atomic E-state index is -2.84. The molecule has 3 aliphatic heterocycles. The third kappa shape index (κ3) is 14.5. The summed E-state index contributed by atoms with van der Waals surface area (Å²) in [6.07, 6.45) is -10.5. The second-order valence-electron chi connectivity index (χ2n) is 16.7. The van der Waals surface area contributed by atoms with Crippen molar-refractivity contribution >= 4 is 11.9 Å². The van der Waals surface area contributed by atoms with Gasteiger partial charge in [-0.05, 0) is 6.42 Å². The summed E-state index contributed by atoms with van der Waals surface area (Å²) >= 11 is 0. The van der Waals surface area contributed by atoms with Crippen molar-refractivity contribution in [1.29, 1.82) is 0 Å². The highest BCUT2D eigenvalue weighted by Crippen LogP contribution is 2.36. The van der Waals surface area contributed by atoms with Gasteiger partial charge in [-0.1, -0.05) is 82.8 Å². The Labute approximate surface area is 365 Å². The molecule has 1 aromatic heterocycles. The summed E-state index contributed by atoms with van der Waals surface area (Å²) < 4.78 is 35.7. The molecule has 63 heavy (non-hydrogen) atoms. The van der Waals surface area contributed by atoms with E-state index >= 15 is 0 Å². The van der Waals surface area contributed by atoms with Crippen LogP contribution < -0.4 is 5.32 Å². The smallest absolute Gasteiger partial charge is 0.364 e. The van der Waals surface area contributed by atoms with Crippen LogP contribution in [0.15, 0.2) is 6.20 Å². The van der Waals surface area contributed by atoms with Crippen molar-refractivity contribution in [2.24, 2.45) is 0 Å². The summed E-state index contributed by atoms with van der Waals surface area (Å²) in [5.74, 6) is -5.42. The highest BCUT2D eigenvalue weighted by Gasteiger charge is 2.57. The van der Waals surface area contributed by atoms with Gasteiger partial charge in [0.2, 0.25) is 5.91 Å². The molecule has 0 aliphatic carbocycles. The Morgan fingerprint density at radius 1 is 0.857 bits per heavy atom. The molecule has 0 saturated carbocycles. The molecule has 3 saturated heterocycles. The van der Waals surface area contributed by atoms with Gasteiger partial charge in [-0.2, -0.15) is 0 Å². The van der Waals surface area contributed by atoms with Gasteiger partial charge in [0.1, 0.15) is 67.1 Å². The van der Waals surface area contributed by atoms with Crippen molar-refractivity contribution in [3.63, 3.8) is 0 Å². The molecule has 0 spiro atoms. The number of nitrogens with one attached hydrogen (secondary N) is 1. The maximum absolute atomic E-state index is 12.6. The van der Waals surface area contributed by atoms with Crippen LogP contribution in [0.1, 0.15) is 103 Å². The molecule has 16 atom stereocenters. The minimum absolute atomic E-state index is 0.131. The minimum Gasteiger partial charge on any atom is -0.477 e. The second-order valence-corrected chi connectivity index (χ2v) is 16.7. The molecule has 3 fully saturated rings. The summed E-state index contributed by atoms with van der Waals surface area (Å²) in [6.45, 7) is 0.965. The average Bonchev–Trinajstić information content (AvgIpc) is 3.71. The highest BCUT2D eigenvalue weighted by molar-refractivity contribution is 5.76. The number of aliphatic carboxylic acids is 1. The number of ether oxygens (including phenoxy) is 6. The Morgan fingerprint density at radius 3 is 2.05 bits per heavy atom. The molecule has 9 unspecified atom stereocenters. The normalized spacial score (nSPS) is 34.7. The number of carboxylic acids is 1. The standard InChI is InChI=1S/C40H70N4O19/c1-3-4-5-6-7-8-9-10-11-12-13-14-15-44-23(17-41-43-44)20-58-37-34(55)32(53)35(26(19-46)60-37)62-38-33(54)31(52)30(51)27(61-38)21-59-40(39(56)57)16-24(48)28(42-22(2)47)36(63-40)29(50)25(49)18-45/h17,24-38,45-46,48-55H,3-16,18-21H2,1-2H3,(H,42,47)(H,56,57)/t24?,25-,26?,27?,28?,29-,30+,31?,32?,33?,34?,35-,36?,37-,38+,40-/m1/s1. The Hall–Kier alpha value is -2.56. The van der Waals surface area contributed by atoms with Crippen LogP contribution in [0.25, 0.3) is 0 Å². The molecular formula is C40H70N4O19. The molecule has 23 heteroatoms. The number of aromatic nitrogens is 3. The van der Waals surface area contributed by atoms with Crippen molar-refractivity contribution in [2.75, 3.05) is 19.8 Å². The second kappa shape index (κ2) is 26.0. The number of aliphatic hydroxyl groups excluding tert-OH is 10. The number of aryl methyl sites for hydroxylation is 1. The van der Waals surface area contributed by atoms with Crippen molar-refractivity contribution in [1.82, 2.24) is 20.3 Å². The number of carbonyl (C=O) groups excluding carboxylic acids is 1. The molecule has 0 bridgehead atoms. The first kappa shape index (κ1) is 53.1. The topological polar surface area (TPSA) is 355 Å². The van der Waals surface area contributed by atoms with Crippen LogP contribution in [0.4, 0.5) is 0 Å². The molecule has 0 radical (unpaired) electrons. The lowest BCUT2D eigenvalue weighted by molar-refractivity contribution is -0.368. The van der Waals surface area contributed by atoms with E-state index in [2.05, 4.69) is 22.6 Å². The van der Waals surface area contributed by atoms with Crippen LogP contribution in [0, 0.1) is 0 Å². The van der Waals surface area contributed by atoms with Crippen LogP contribution >= 0.6 is 0 Å². The first-order chi connectivity index (χ1) is 30.1. The highest BCUT2D eigenvalue weighted by atomic mass is 16.8. The van der Waals surface area contributed by atoms with Crippen LogP contribution in [0.5, 0.6) is 0 Å². The molecule has 23 nitrogen and oxygen atoms in total. The molecule has 4 rings (SSSR count). The van der Waals surface area contributed by atoms with E-state index in [0.29, 0.717) is 12.2 Å². The molecule has 364 valence electrons. The first-order valence-electron chi connectivity index (χ1n) is 22.0. The van der Waals surface area contributed by atoms with Crippen molar-refractivity contribution in [3.8, 4) is 0 Å². The van der Waals surface area contributed by atoms with Crippen LogP contribution in [-0.2, 0) is 51.2 Å². The number of rotatable bonds is 27. The SMILES string of the molecule is CCCCCCCCCCCCCCn1nncc1CO[C@@H]1OC(CO)[C@@H](O[C@@H]2OC(CO[C@]3(C(=O)O)CC(O)C(NC(C)=O)C([C@H](O)[C@H](O)CO)O3)[C@H](O)C(O)C2O)C(O)C1O. The maximum Gasteiger partial charge on any atom is 0.364 e. The number of carboxylic acid groups (broad SMARTS) is 1. The average molecular weight is 911 g/mol. The fraction of sp³-hybridized carbons (Fsp3) is 0.900. The number of hydrogen-bond donors (Lipinski definition) is 12. The zero-order chi connectivity index (χ0) is 46.3. The molecule has 4 heterocycles. The third-order valence-corrected chi connectivity index (χ3v) is 11.8. The lowest BCUT2D eigenvalue weighted by atomic mass is 9.88. The molecular weight excluding hydrogens is 840 g/mol. The molecule has 3 aliphatic rings. The van der Waals surface area contributed by atoms with Gasteiger partial charge < -0.3 is 89.9 Å². The zero-order valence-electron chi connectivity index (χ0n) is 36.0. The molecule has 0 aromatic carbocycles. The van der Waals surface area contributed by atoms with Crippen molar-refractivity contribution in [3.05, 3.63) is 11.9 Å². The molecule has 1 amide bonds. The molecule has 12 N–H and O–H groups in total. The number of carbonyl (C=O) groups is 2. The monoisotopic (exact) mass is 910 g/mol. The predicted molar refractivity (Wildman–Crippen MR) is 214 cm³/mol. The van der Waals surface area contributed by atoms with E-state index < -0.39 is 136 Å². The van der Waals surface area contributed by atoms with Crippen LogP contribution in [0.3, 0.4) is 0 Å². The van der Waals surface area contributed by atoms with Gasteiger partial charge in [0, 0.05) is 19.9 Å². The number of hydrogen-bond acceptors (Lipinski definition) is 20. The van der Waals surface area contributed by atoms with E-state index in [0.717, 1.165) is 26.2 Å². The summed E-state index contributed by atoms with van der Waals surface area (Å²) in [7, 11) is 0. The Kier molecular flexibility index (Phi) is 21.9. The summed E-state index contributed by atoms with van der Waals surface area (Å²) in [6, 6.07) is -1.49. The van der Waals surface area contributed by atoms with E-state index in [1.807, 2.05) is 0 Å². The van der Waals surface area contributed by atoms with Gasteiger partial charge in [-0.25, -0.2) is 9.48 Å². The quantitative estimate of drug-likeness (QED) is 0.0399. The predicted octanol–water partition coefficient (Wildman–Crippen LogP) is -2.71. The third-order valence-electron chi connectivity index (χ3n) is 11.8. The van der Waals surface area contributed by atoms with Gasteiger partial charge in [0.05, 0.1) is 50.5 Å². The van der Waals surface area contributed by atoms with Gasteiger partial charge >= 0.3 is 5.97 Å². The summed E-state index contributed by atoms with van der Waals surface area (Å²) in [4.78, 5) is 24.5. The van der Waals surface area contributed by atoms with E-state index in [1.165, 1.54) is 64.0 Å². The van der Waals surface area contributed by atoms with Gasteiger partial charge in [-0.3, -0.25) is 4.79 Å². The van der Waals surface area contributed by atoms with Crippen LogP contribution in [-0.4, -0.2) is 201 Å². The number of nitrogens with zero attached hydrogens (tertiary/aromatic N) is 3. The number of amides is 1. The summed E-state index contributed by atoms with van der Waals surface area (Å²) in [5, 5.41) is 126. The van der Waals surface area contributed by atoms with E-state index in [1.54, 1.807) is 4.68 Å². The van der Waals surface area contributed by atoms with Crippen molar-refractivity contribution < 1.29 is 94.2 Å². The number of aliphatic hydroxyl groups is 10. The lowest BCUT2D eigenvalue weighted by Gasteiger charge is -2.48. The van der Waals surface area contributed by atoms with Crippen molar-refractivity contribution in [2.45, 2.75) is 208 Å². The Morgan fingerprint density at radius 2 is 1.46 bits per heavy atom. The fourth-order valence-electron chi connectivity index (χ4n) is 8.02. The molecule has 1 aromatic rings. The summed E-state index contributed by atoms with van der Waals surface area (Å²) in [5.41, 5.74) is 0.571.